The largest absolute Gasteiger partial charge is 0.439 e. The van der Waals surface area contributed by atoms with Crippen molar-refractivity contribution in [3.8, 4) is 11.3 Å². The van der Waals surface area contributed by atoms with Crippen molar-refractivity contribution < 1.29 is 9.52 Å². The Bertz CT molecular complexity index is 848. The second-order valence-corrected chi connectivity index (χ2v) is 6.79. The molecule has 2 aromatic heterocycles. The lowest BCUT2D eigenvalue weighted by atomic mass is 10.00. The van der Waals surface area contributed by atoms with Gasteiger partial charge in [0.05, 0.1) is 18.4 Å². The standard InChI is InChI=1S/C17H18ClN5O2/c1-11(23-7-6-17(24,10-23)15-9-20-22-21-15)16-19-8-14(25-16)12-2-4-13(18)5-3-12/h2-5,8-9,11,24H,6-7,10H2,1H3,(H,20,21,22). The van der Waals surface area contributed by atoms with Gasteiger partial charge in [0, 0.05) is 23.7 Å². The molecular weight excluding hydrogens is 342 g/mol. The summed E-state index contributed by atoms with van der Waals surface area (Å²) >= 11 is 5.92. The summed E-state index contributed by atoms with van der Waals surface area (Å²) in [5.74, 6) is 1.32. The molecule has 25 heavy (non-hydrogen) atoms. The molecule has 7 nitrogen and oxygen atoms in total. The molecule has 0 radical (unpaired) electrons. The van der Waals surface area contributed by atoms with E-state index in [1.54, 1.807) is 12.4 Å². The van der Waals surface area contributed by atoms with Crippen molar-refractivity contribution in [2.75, 3.05) is 13.1 Å². The van der Waals surface area contributed by atoms with E-state index in [9.17, 15) is 5.11 Å². The minimum atomic E-state index is -0.993. The highest BCUT2D eigenvalue weighted by atomic mass is 35.5. The Hall–Kier alpha value is -2.22. The maximum Gasteiger partial charge on any atom is 0.211 e. The number of benzene rings is 1. The molecule has 1 saturated heterocycles. The summed E-state index contributed by atoms with van der Waals surface area (Å²) in [6.45, 7) is 3.20. The molecule has 3 aromatic rings. The molecule has 1 aromatic carbocycles. The summed E-state index contributed by atoms with van der Waals surface area (Å²) in [5, 5.41) is 21.8. The number of likely N-dealkylation sites (tertiary alicyclic amines) is 1. The van der Waals surface area contributed by atoms with Gasteiger partial charge >= 0.3 is 0 Å². The molecule has 8 heteroatoms. The smallest absolute Gasteiger partial charge is 0.211 e. The maximum absolute atomic E-state index is 10.8. The van der Waals surface area contributed by atoms with Crippen LogP contribution in [0, 0.1) is 0 Å². The number of rotatable bonds is 4. The lowest BCUT2D eigenvalue weighted by molar-refractivity contribution is 0.0355. The van der Waals surface area contributed by atoms with Gasteiger partial charge in [0.1, 0.15) is 11.3 Å². The van der Waals surface area contributed by atoms with E-state index in [2.05, 4.69) is 25.3 Å². The van der Waals surface area contributed by atoms with E-state index in [0.29, 0.717) is 35.3 Å². The van der Waals surface area contributed by atoms with Gasteiger partial charge in [-0.1, -0.05) is 11.6 Å². The molecule has 1 aliphatic heterocycles. The number of aliphatic hydroxyl groups is 1. The fraction of sp³-hybridized carbons (Fsp3) is 0.353. The van der Waals surface area contributed by atoms with Gasteiger partial charge in [-0.3, -0.25) is 4.90 Å². The Morgan fingerprint density at radius 3 is 2.84 bits per heavy atom. The van der Waals surface area contributed by atoms with Crippen molar-refractivity contribution in [2.45, 2.75) is 25.0 Å². The van der Waals surface area contributed by atoms with Crippen LogP contribution in [-0.4, -0.2) is 43.5 Å². The number of nitrogens with one attached hydrogen (secondary N) is 1. The average molecular weight is 360 g/mol. The molecular formula is C17H18ClN5O2. The minimum absolute atomic E-state index is 0.0537. The highest BCUT2D eigenvalue weighted by Crippen LogP contribution is 2.35. The highest BCUT2D eigenvalue weighted by molar-refractivity contribution is 6.30. The van der Waals surface area contributed by atoms with E-state index < -0.39 is 5.60 Å². The lowest BCUT2D eigenvalue weighted by Crippen LogP contribution is -2.32. The van der Waals surface area contributed by atoms with Crippen LogP contribution in [0.5, 0.6) is 0 Å². The third-order valence-electron chi connectivity index (χ3n) is 4.73. The number of hydrogen-bond acceptors (Lipinski definition) is 6. The molecule has 2 atom stereocenters. The van der Waals surface area contributed by atoms with Crippen molar-refractivity contribution in [2.24, 2.45) is 0 Å². The third kappa shape index (κ3) is 3.06. The first-order valence-corrected chi connectivity index (χ1v) is 8.47. The summed E-state index contributed by atoms with van der Waals surface area (Å²) in [7, 11) is 0. The molecule has 4 rings (SSSR count). The van der Waals surface area contributed by atoms with Gasteiger partial charge in [-0.2, -0.15) is 15.4 Å². The van der Waals surface area contributed by atoms with Gasteiger partial charge in [0.15, 0.2) is 5.76 Å². The van der Waals surface area contributed by atoms with E-state index in [0.717, 1.165) is 12.1 Å². The van der Waals surface area contributed by atoms with E-state index in [1.807, 2.05) is 31.2 Å². The Morgan fingerprint density at radius 2 is 2.12 bits per heavy atom. The van der Waals surface area contributed by atoms with Crippen LogP contribution in [0.4, 0.5) is 0 Å². The number of oxazole rings is 1. The number of hydrogen-bond donors (Lipinski definition) is 2. The molecule has 3 heterocycles. The van der Waals surface area contributed by atoms with Crippen LogP contribution in [0.25, 0.3) is 11.3 Å². The molecule has 1 fully saturated rings. The molecule has 130 valence electrons. The topological polar surface area (TPSA) is 91.1 Å². The predicted molar refractivity (Wildman–Crippen MR) is 91.8 cm³/mol. The van der Waals surface area contributed by atoms with E-state index >= 15 is 0 Å². The normalized spacial score (nSPS) is 22.4. The zero-order valence-corrected chi connectivity index (χ0v) is 14.4. The second kappa shape index (κ2) is 6.25. The van der Waals surface area contributed by atoms with Crippen LogP contribution < -0.4 is 0 Å². The van der Waals surface area contributed by atoms with Gasteiger partial charge in [0.25, 0.3) is 0 Å². The van der Waals surface area contributed by atoms with E-state index in [1.165, 1.54) is 0 Å². The van der Waals surface area contributed by atoms with E-state index in [-0.39, 0.29) is 6.04 Å². The molecule has 2 N–H and O–H groups in total. The summed E-state index contributed by atoms with van der Waals surface area (Å²) in [4.78, 5) is 6.54. The Labute approximate surface area is 149 Å². The van der Waals surface area contributed by atoms with Gasteiger partial charge < -0.3 is 9.52 Å². The Balaban J connectivity index is 1.50. The lowest BCUT2D eigenvalue weighted by Gasteiger charge is -2.24. The van der Waals surface area contributed by atoms with Gasteiger partial charge in [-0.15, -0.1) is 0 Å². The number of halogens is 1. The molecule has 0 bridgehead atoms. The van der Waals surface area contributed by atoms with Crippen molar-refractivity contribution in [1.29, 1.82) is 0 Å². The maximum atomic E-state index is 10.8. The van der Waals surface area contributed by atoms with Crippen molar-refractivity contribution in [1.82, 2.24) is 25.3 Å². The molecule has 0 spiro atoms. The summed E-state index contributed by atoms with van der Waals surface area (Å²) < 4.78 is 5.93. The van der Waals surface area contributed by atoms with Gasteiger partial charge in [-0.25, -0.2) is 4.98 Å². The summed E-state index contributed by atoms with van der Waals surface area (Å²) in [5.41, 5.74) is 0.500. The number of β-amino-alcohol motifs (C(OH)–C–C–N with tert-alkyl or cyclic N) is 1. The van der Waals surface area contributed by atoms with Crippen LogP contribution >= 0.6 is 11.6 Å². The van der Waals surface area contributed by atoms with Crippen LogP contribution in [0.2, 0.25) is 5.02 Å². The Morgan fingerprint density at radius 1 is 1.32 bits per heavy atom. The fourth-order valence-electron chi connectivity index (χ4n) is 3.17. The third-order valence-corrected chi connectivity index (χ3v) is 4.98. The van der Waals surface area contributed by atoms with Crippen molar-refractivity contribution in [3.05, 3.63) is 53.3 Å². The van der Waals surface area contributed by atoms with Gasteiger partial charge in [-0.05, 0) is 37.6 Å². The van der Waals surface area contributed by atoms with E-state index in [4.69, 9.17) is 16.0 Å². The highest BCUT2D eigenvalue weighted by Gasteiger charge is 2.42. The number of aromatic nitrogens is 4. The SMILES string of the molecule is CC(c1ncc(-c2ccc(Cl)cc2)o1)N1CCC(O)(c2cn[nH]n2)C1. The molecule has 1 aliphatic rings. The molecule has 0 aliphatic carbocycles. The number of aromatic amines is 1. The first-order chi connectivity index (χ1) is 12.0. The summed E-state index contributed by atoms with van der Waals surface area (Å²) in [6.07, 6.45) is 3.88. The first kappa shape index (κ1) is 16.3. The zero-order chi connectivity index (χ0) is 17.4. The number of nitrogens with zero attached hydrogens (tertiary/aromatic N) is 4. The van der Waals surface area contributed by atoms with Crippen molar-refractivity contribution in [3.63, 3.8) is 0 Å². The molecule has 2 unspecified atom stereocenters. The average Bonchev–Trinajstić information content (AvgIpc) is 3.36. The minimum Gasteiger partial charge on any atom is -0.439 e. The van der Waals surface area contributed by atoms with Crippen LogP contribution in [-0.2, 0) is 5.60 Å². The number of H-pyrrole nitrogens is 1. The van der Waals surface area contributed by atoms with Gasteiger partial charge in [0.2, 0.25) is 5.89 Å². The summed E-state index contributed by atoms with van der Waals surface area (Å²) in [6, 6.07) is 7.39. The van der Waals surface area contributed by atoms with Crippen molar-refractivity contribution >= 4 is 11.6 Å². The zero-order valence-electron chi connectivity index (χ0n) is 13.7. The first-order valence-electron chi connectivity index (χ1n) is 8.09. The monoisotopic (exact) mass is 359 g/mol. The quantitative estimate of drug-likeness (QED) is 0.744. The Kier molecular flexibility index (Phi) is 4.07. The molecule has 0 saturated carbocycles. The van der Waals surface area contributed by atoms with Crippen LogP contribution in [0.3, 0.4) is 0 Å². The second-order valence-electron chi connectivity index (χ2n) is 6.35. The van der Waals surface area contributed by atoms with Crippen LogP contribution in [0.15, 0.2) is 41.1 Å². The predicted octanol–water partition coefficient (Wildman–Crippen LogP) is 2.77. The molecule has 0 amide bonds. The fourth-order valence-corrected chi connectivity index (χ4v) is 3.30. The van der Waals surface area contributed by atoms with Crippen LogP contribution in [0.1, 0.15) is 31.0 Å².